The van der Waals surface area contributed by atoms with Gasteiger partial charge in [0.15, 0.2) is 0 Å². The summed E-state index contributed by atoms with van der Waals surface area (Å²) in [7, 11) is 1.58. The lowest BCUT2D eigenvalue weighted by atomic mass is 10.1. The molecule has 0 radical (unpaired) electrons. The van der Waals surface area contributed by atoms with Gasteiger partial charge in [-0.05, 0) is 72.8 Å². The number of nitrogens with one attached hydrogen (secondary N) is 1. The number of carbonyl (C=O) groups is 1. The van der Waals surface area contributed by atoms with Crippen molar-refractivity contribution in [3.8, 4) is 28.6 Å². The second-order valence-corrected chi connectivity index (χ2v) is 6.56. The molecule has 0 saturated carbocycles. The Hall–Kier alpha value is -4.20. The summed E-state index contributed by atoms with van der Waals surface area (Å²) in [5.41, 5.74) is 2.53. The van der Waals surface area contributed by atoms with Crippen LogP contribution in [0, 0.1) is 0 Å². The van der Waals surface area contributed by atoms with Gasteiger partial charge in [0, 0.05) is 11.1 Å². The summed E-state index contributed by atoms with van der Waals surface area (Å²) in [4.78, 5) is 14.1. The van der Waals surface area contributed by atoms with Gasteiger partial charge in [-0.2, -0.15) is 0 Å². The van der Waals surface area contributed by atoms with Gasteiger partial charge in [0.05, 0.1) is 25.1 Å². The summed E-state index contributed by atoms with van der Waals surface area (Å²) < 4.78 is 10.6. The molecule has 1 N–H and O–H groups in total. The summed E-state index contributed by atoms with van der Waals surface area (Å²) in [5, 5.41) is 15.7. The van der Waals surface area contributed by atoms with Gasteiger partial charge in [0.2, 0.25) is 5.82 Å². The number of nitrogens with zero attached hydrogens (tertiary/aromatic N) is 4. The van der Waals surface area contributed by atoms with E-state index >= 15 is 0 Å². The van der Waals surface area contributed by atoms with Crippen LogP contribution in [0.5, 0.6) is 11.5 Å². The molecule has 1 amide bonds. The second kappa shape index (κ2) is 9.08. The summed E-state index contributed by atoms with van der Waals surface area (Å²) >= 11 is 0. The van der Waals surface area contributed by atoms with Gasteiger partial charge in [-0.15, -0.1) is 15.0 Å². The Morgan fingerprint density at radius 2 is 1.68 bits per heavy atom. The average molecular weight is 415 g/mol. The molecule has 8 heteroatoms. The molecule has 4 aromatic rings. The smallest absolute Gasteiger partial charge is 0.255 e. The predicted octanol–water partition coefficient (Wildman–Crippen LogP) is 3.99. The van der Waals surface area contributed by atoms with Crippen LogP contribution in [0.3, 0.4) is 0 Å². The van der Waals surface area contributed by atoms with Gasteiger partial charge in [-0.25, -0.2) is 0 Å². The fourth-order valence-electron chi connectivity index (χ4n) is 3.00. The minimum absolute atomic E-state index is 0.242. The quantitative estimate of drug-likeness (QED) is 0.491. The molecule has 3 aromatic carbocycles. The first-order valence-corrected chi connectivity index (χ1v) is 9.76. The highest BCUT2D eigenvalue weighted by Gasteiger charge is 2.14. The number of anilines is 1. The van der Waals surface area contributed by atoms with Gasteiger partial charge in [0.25, 0.3) is 5.91 Å². The number of hydrogen-bond donors (Lipinski definition) is 1. The third-order valence-corrected chi connectivity index (χ3v) is 4.56. The van der Waals surface area contributed by atoms with Crippen LogP contribution >= 0.6 is 0 Å². The van der Waals surface area contributed by atoms with Crippen LogP contribution in [-0.2, 0) is 0 Å². The highest BCUT2D eigenvalue weighted by atomic mass is 16.5. The molecule has 0 fully saturated rings. The van der Waals surface area contributed by atoms with Crippen molar-refractivity contribution in [1.82, 2.24) is 20.2 Å². The van der Waals surface area contributed by atoms with E-state index in [0.29, 0.717) is 35.0 Å². The standard InChI is InChI=1S/C23H21N5O3/c1-3-31-19-14-10-17(11-15-19)28-26-22(25-27-28)20-6-4-5-7-21(20)24-23(29)16-8-12-18(30-2)13-9-16/h4-15H,3H2,1-2H3,(H,24,29). The number of aromatic nitrogens is 4. The van der Waals surface area contributed by atoms with E-state index in [9.17, 15) is 4.79 Å². The number of para-hydroxylation sites is 1. The zero-order valence-corrected chi connectivity index (χ0v) is 17.1. The summed E-state index contributed by atoms with van der Waals surface area (Å²) in [6, 6.07) is 21.6. The molecule has 4 rings (SSSR count). The van der Waals surface area contributed by atoms with Crippen molar-refractivity contribution in [3.05, 3.63) is 78.4 Å². The van der Waals surface area contributed by atoms with E-state index in [4.69, 9.17) is 9.47 Å². The Balaban J connectivity index is 1.56. The number of carbonyl (C=O) groups excluding carboxylic acids is 1. The minimum atomic E-state index is -0.242. The fourth-order valence-corrected chi connectivity index (χ4v) is 3.00. The predicted molar refractivity (Wildman–Crippen MR) is 117 cm³/mol. The molecule has 0 unspecified atom stereocenters. The van der Waals surface area contributed by atoms with Crippen molar-refractivity contribution >= 4 is 11.6 Å². The van der Waals surface area contributed by atoms with Crippen molar-refractivity contribution in [3.63, 3.8) is 0 Å². The highest BCUT2D eigenvalue weighted by molar-refractivity contribution is 6.06. The van der Waals surface area contributed by atoms with Gasteiger partial charge in [0.1, 0.15) is 11.5 Å². The summed E-state index contributed by atoms with van der Waals surface area (Å²) in [6.07, 6.45) is 0. The molecule has 156 valence electrons. The first-order valence-electron chi connectivity index (χ1n) is 9.76. The molecule has 0 aliphatic heterocycles. The molecule has 1 aromatic heterocycles. The van der Waals surface area contributed by atoms with Crippen LogP contribution in [0.4, 0.5) is 5.69 Å². The summed E-state index contributed by atoms with van der Waals surface area (Å²) in [6.45, 7) is 2.54. The molecule has 0 spiro atoms. The minimum Gasteiger partial charge on any atom is -0.497 e. The maximum absolute atomic E-state index is 12.7. The molecule has 0 bridgehead atoms. The number of amides is 1. The zero-order valence-electron chi connectivity index (χ0n) is 17.1. The van der Waals surface area contributed by atoms with Crippen LogP contribution in [-0.4, -0.2) is 39.8 Å². The van der Waals surface area contributed by atoms with E-state index in [1.165, 1.54) is 4.80 Å². The number of hydrogen-bond acceptors (Lipinski definition) is 6. The molecule has 0 aliphatic carbocycles. The van der Waals surface area contributed by atoms with E-state index < -0.39 is 0 Å². The maximum atomic E-state index is 12.7. The molecular weight excluding hydrogens is 394 g/mol. The van der Waals surface area contributed by atoms with Crippen LogP contribution in [0.15, 0.2) is 72.8 Å². The third-order valence-electron chi connectivity index (χ3n) is 4.56. The molecule has 1 heterocycles. The van der Waals surface area contributed by atoms with Crippen LogP contribution in [0.25, 0.3) is 17.1 Å². The first kappa shape index (κ1) is 20.1. The van der Waals surface area contributed by atoms with Crippen molar-refractivity contribution in [2.45, 2.75) is 6.92 Å². The first-order chi connectivity index (χ1) is 15.2. The van der Waals surface area contributed by atoms with Crippen LogP contribution in [0.2, 0.25) is 0 Å². The maximum Gasteiger partial charge on any atom is 0.255 e. The lowest BCUT2D eigenvalue weighted by Gasteiger charge is -2.09. The van der Waals surface area contributed by atoms with Crippen LogP contribution in [0.1, 0.15) is 17.3 Å². The lowest BCUT2D eigenvalue weighted by Crippen LogP contribution is -2.12. The van der Waals surface area contributed by atoms with Gasteiger partial charge in [-0.1, -0.05) is 12.1 Å². The number of benzene rings is 3. The Labute approximate surface area is 179 Å². The number of methoxy groups -OCH3 is 1. The number of rotatable bonds is 7. The topological polar surface area (TPSA) is 91.2 Å². The largest absolute Gasteiger partial charge is 0.497 e. The lowest BCUT2D eigenvalue weighted by molar-refractivity contribution is 0.102. The molecule has 0 saturated heterocycles. The third kappa shape index (κ3) is 4.53. The Kier molecular flexibility index (Phi) is 5.89. The molecule has 0 atom stereocenters. The Morgan fingerprint density at radius 1 is 0.968 bits per heavy atom. The normalized spacial score (nSPS) is 10.5. The van der Waals surface area contributed by atoms with Gasteiger partial charge < -0.3 is 14.8 Å². The second-order valence-electron chi connectivity index (χ2n) is 6.56. The number of tetrazole rings is 1. The molecule has 31 heavy (non-hydrogen) atoms. The zero-order chi connectivity index (χ0) is 21.6. The van der Waals surface area contributed by atoms with Crippen molar-refractivity contribution in [2.24, 2.45) is 0 Å². The van der Waals surface area contributed by atoms with Crippen molar-refractivity contribution < 1.29 is 14.3 Å². The van der Waals surface area contributed by atoms with Crippen molar-refractivity contribution in [1.29, 1.82) is 0 Å². The average Bonchev–Trinajstić information content (AvgIpc) is 3.30. The fraction of sp³-hybridized carbons (Fsp3) is 0.130. The Bertz CT molecular complexity index is 1170. The van der Waals surface area contributed by atoms with E-state index in [0.717, 1.165) is 11.4 Å². The van der Waals surface area contributed by atoms with Crippen LogP contribution < -0.4 is 14.8 Å². The number of ether oxygens (including phenoxy) is 2. The molecular formula is C23H21N5O3. The monoisotopic (exact) mass is 415 g/mol. The molecule has 8 nitrogen and oxygen atoms in total. The van der Waals surface area contributed by atoms with E-state index in [-0.39, 0.29) is 5.91 Å². The summed E-state index contributed by atoms with van der Waals surface area (Å²) in [5.74, 6) is 1.62. The molecule has 0 aliphatic rings. The van der Waals surface area contributed by atoms with E-state index in [2.05, 4.69) is 20.7 Å². The highest BCUT2D eigenvalue weighted by Crippen LogP contribution is 2.26. The van der Waals surface area contributed by atoms with Crippen molar-refractivity contribution in [2.75, 3.05) is 19.0 Å². The van der Waals surface area contributed by atoms with E-state index in [1.54, 1.807) is 37.4 Å². The SMILES string of the molecule is CCOc1ccc(-n2nnc(-c3ccccc3NC(=O)c3ccc(OC)cc3)n2)cc1. The van der Waals surface area contributed by atoms with Gasteiger partial charge in [-0.3, -0.25) is 4.79 Å². The van der Waals surface area contributed by atoms with E-state index in [1.807, 2.05) is 49.4 Å². The van der Waals surface area contributed by atoms with Gasteiger partial charge >= 0.3 is 0 Å². The Morgan fingerprint density at radius 3 is 2.39 bits per heavy atom.